The maximum absolute atomic E-state index is 11.6. The Labute approximate surface area is 121 Å². The number of hydrogen-bond donors (Lipinski definition) is 0. The predicted molar refractivity (Wildman–Crippen MR) is 71.3 cm³/mol. The first-order valence-electron chi connectivity index (χ1n) is 6.85. The molecule has 0 aromatic heterocycles. The van der Waals surface area contributed by atoms with Crippen molar-refractivity contribution in [3.05, 3.63) is 35.9 Å². The van der Waals surface area contributed by atoms with E-state index in [1.54, 1.807) is 18.2 Å². The molecule has 21 heavy (non-hydrogen) atoms. The van der Waals surface area contributed by atoms with Crippen LogP contribution in [-0.4, -0.2) is 24.0 Å². The van der Waals surface area contributed by atoms with Crippen LogP contribution in [0.25, 0.3) is 0 Å². The van der Waals surface area contributed by atoms with Crippen molar-refractivity contribution < 1.29 is 28.9 Å². The van der Waals surface area contributed by atoms with Crippen molar-refractivity contribution in [1.29, 1.82) is 0 Å². The number of hydrogen-bond acceptors (Lipinski definition) is 6. The number of carbonyl (C=O) groups excluding carboxylic acids is 3. The molecule has 0 saturated heterocycles. The molecule has 0 N–H and O–H groups in total. The van der Waals surface area contributed by atoms with E-state index in [1.807, 2.05) is 0 Å². The zero-order chi connectivity index (χ0) is 15.1. The second-order valence-electron chi connectivity index (χ2n) is 4.78. The van der Waals surface area contributed by atoms with Gasteiger partial charge in [-0.3, -0.25) is 4.79 Å². The molecule has 0 aliphatic heterocycles. The van der Waals surface area contributed by atoms with Gasteiger partial charge in [0.1, 0.15) is 6.10 Å². The minimum absolute atomic E-state index is 0.159. The zero-order valence-electron chi connectivity index (χ0n) is 11.4. The Morgan fingerprint density at radius 2 is 1.57 bits per heavy atom. The number of ketones is 1. The second-order valence-corrected chi connectivity index (χ2v) is 4.78. The van der Waals surface area contributed by atoms with Crippen molar-refractivity contribution in [1.82, 2.24) is 0 Å². The van der Waals surface area contributed by atoms with Gasteiger partial charge in [-0.25, -0.2) is 14.6 Å². The van der Waals surface area contributed by atoms with Gasteiger partial charge in [-0.2, -0.15) is 4.79 Å². The lowest BCUT2D eigenvalue weighted by molar-refractivity contribution is -0.240. The summed E-state index contributed by atoms with van der Waals surface area (Å²) in [5.41, 5.74) is 0.159. The molecular weight excluding hydrogens is 276 g/mol. The SMILES string of the molecule is O=C(OOC(=O)C(=O)c1ccccc1)OC1CCCCC1. The summed E-state index contributed by atoms with van der Waals surface area (Å²) in [4.78, 5) is 42.8. The van der Waals surface area contributed by atoms with E-state index >= 15 is 0 Å². The van der Waals surface area contributed by atoms with E-state index in [0.717, 1.165) is 32.1 Å². The summed E-state index contributed by atoms with van der Waals surface area (Å²) in [6.45, 7) is 0. The molecule has 112 valence electrons. The molecule has 1 aliphatic carbocycles. The molecule has 0 bridgehead atoms. The minimum Gasteiger partial charge on any atom is -0.428 e. The summed E-state index contributed by atoms with van der Waals surface area (Å²) >= 11 is 0. The topological polar surface area (TPSA) is 78.9 Å². The maximum atomic E-state index is 11.6. The van der Waals surface area contributed by atoms with E-state index in [4.69, 9.17) is 4.74 Å². The van der Waals surface area contributed by atoms with E-state index in [9.17, 15) is 14.4 Å². The van der Waals surface area contributed by atoms with Gasteiger partial charge in [-0.15, -0.1) is 0 Å². The highest BCUT2D eigenvalue weighted by molar-refractivity contribution is 6.40. The highest BCUT2D eigenvalue weighted by atomic mass is 17.2. The van der Waals surface area contributed by atoms with Gasteiger partial charge in [0.15, 0.2) is 0 Å². The Bertz CT molecular complexity index is 504. The molecule has 6 heteroatoms. The Kier molecular flexibility index (Phi) is 5.31. The standard InChI is InChI=1S/C15H16O6/c16-13(11-7-3-1-4-8-11)14(17)20-21-15(18)19-12-9-5-2-6-10-12/h1,3-4,7-8,12H,2,5-6,9-10H2. The Morgan fingerprint density at radius 3 is 2.24 bits per heavy atom. The average Bonchev–Trinajstić information content (AvgIpc) is 2.53. The third-order valence-corrected chi connectivity index (χ3v) is 3.22. The van der Waals surface area contributed by atoms with Crippen molar-refractivity contribution in [2.24, 2.45) is 0 Å². The predicted octanol–water partition coefficient (Wildman–Crippen LogP) is 2.81. The van der Waals surface area contributed by atoms with Crippen LogP contribution < -0.4 is 0 Å². The number of carbonyl (C=O) groups is 3. The fourth-order valence-electron chi connectivity index (χ4n) is 2.16. The Hall–Kier alpha value is -2.37. The van der Waals surface area contributed by atoms with Gasteiger partial charge in [0.05, 0.1) is 0 Å². The van der Waals surface area contributed by atoms with Crippen LogP contribution in [0.5, 0.6) is 0 Å². The molecule has 6 nitrogen and oxygen atoms in total. The third-order valence-electron chi connectivity index (χ3n) is 3.22. The highest BCUT2D eigenvalue weighted by Crippen LogP contribution is 2.20. The second kappa shape index (κ2) is 7.42. The van der Waals surface area contributed by atoms with E-state index < -0.39 is 17.9 Å². The monoisotopic (exact) mass is 292 g/mol. The molecule has 0 heterocycles. The smallest absolute Gasteiger partial charge is 0.428 e. The lowest BCUT2D eigenvalue weighted by Gasteiger charge is -2.20. The molecule has 1 aliphatic rings. The minimum atomic E-state index is -1.26. The summed E-state index contributed by atoms with van der Waals surface area (Å²) in [6, 6.07) is 7.85. The van der Waals surface area contributed by atoms with Crippen LogP contribution in [-0.2, 0) is 19.3 Å². The Morgan fingerprint density at radius 1 is 0.905 bits per heavy atom. The molecule has 1 aromatic rings. The van der Waals surface area contributed by atoms with Crippen molar-refractivity contribution in [2.45, 2.75) is 38.2 Å². The number of ether oxygens (including phenoxy) is 1. The van der Waals surface area contributed by atoms with Gasteiger partial charge >= 0.3 is 12.1 Å². The normalized spacial score (nSPS) is 15.0. The van der Waals surface area contributed by atoms with Gasteiger partial charge in [0, 0.05) is 5.56 Å². The lowest BCUT2D eigenvalue weighted by Crippen LogP contribution is -2.24. The molecule has 2 rings (SSSR count). The van der Waals surface area contributed by atoms with Gasteiger partial charge in [0.2, 0.25) is 0 Å². The van der Waals surface area contributed by atoms with Gasteiger partial charge < -0.3 is 4.74 Å². The van der Waals surface area contributed by atoms with E-state index in [0.29, 0.717) is 0 Å². The molecule has 0 unspecified atom stereocenters. The van der Waals surface area contributed by atoms with E-state index in [1.165, 1.54) is 12.1 Å². The van der Waals surface area contributed by atoms with Crippen LogP contribution in [0.2, 0.25) is 0 Å². The number of benzene rings is 1. The van der Waals surface area contributed by atoms with Crippen LogP contribution in [0.1, 0.15) is 42.5 Å². The molecule has 1 aromatic carbocycles. The van der Waals surface area contributed by atoms with Crippen molar-refractivity contribution in [3.8, 4) is 0 Å². The molecular formula is C15H16O6. The first-order chi connectivity index (χ1) is 10.2. The third kappa shape index (κ3) is 4.59. The van der Waals surface area contributed by atoms with Crippen LogP contribution in [0.15, 0.2) is 30.3 Å². The van der Waals surface area contributed by atoms with E-state index in [2.05, 4.69) is 9.78 Å². The van der Waals surface area contributed by atoms with Crippen molar-refractivity contribution >= 4 is 17.9 Å². The lowest BCUT2D eigenvalue weighted by atomic mass is 9.98. The maximum Gasteiger partial charge on any atom is 0.550 e. The van der Waals surface area contributed by atoms with Crippen LogP contribution in [0.3, 0.4) is 0 Å². The fraction of sp³-hybridized carbons (Fsp3) is 0.400. The molecule has 1 fully saturated rings. The summed E-state index contributed by atoms with van der Waals surface area (Å²) < 4.78 is 4.98. The zero-order valence-corrected chi connectivity index (χ0v) is 11.4. The summed E-state index contributed by atoms with van der Waals surface area (Å²) in [7, 11) is 0. The van der Waals surface area contributed by atoms with E-state index in [-0.39, 0.29) is 11.7 Å². The van der Waals surface area contributed by atoms with Crippen LogP contribution in [0.4, 0.5) is 4.79 Å². The summed E-state index contributed by atoms with van der Waals surface area (Å²) in [6.07, 6.45) is 3.33. The highest BCUT2D eigenvalue weighted by Gasteiger charge is 2.23. The van der Waals surface area contributed by atoms with Crippen molar-refractivity contribution in [2.75, 3.05) is 0 Å². The molecule has 0 radical (unpaired) electrons. The van der Waals surface area contributed by atoms with Crippen LogP contribution in [0, 0.1) is 0 Å². The fourth-order valence-corrected chi connectivity index (χ4v) is 2.16. The molecule has 0 atom stereocenters. The van der Waals surface area contributed by atoms with Gasteiger partial charge in [-0.05, 0) is 25.7 Å². The molecule has 0 amide bonds. The summed E-state index contributed by atoms with van der Waals surface area (Å²) in [5, 5.41) is 0. The average molecular weight is 292 g/mol. The number of Topliss-reactive ketones (excluding diaryl/α,β-unsaturated/α-hetero) is 1. The van der Waals surface area contributed by atoms with Gasteiger partial charge in [0.25, 0.3) is 5.78 Å². The first kappa shape index (κ1) is 15.0. The Balaban J connectivity index is 1.75. The van der Waals surface area contributed by atoms with Crippen LogP contribution >= 0.6 is 0 Å². The molecule has 1 saturated carbocycles. The van der Waals surface area contributed by atoms with Gasteiger partial charge in [-0.1, -0.05) is 36.8 Å². The van der Waals surface area contributed by atoms with Crippen molar-refractivity contribution in [3.63, 3.8) is 0 Å². The molecule has 0 spiro atoms. The summed E-state index contributed by atoms with van der Waals surface area (Å²) in [5.74, 6) is -2.15. The quantitative estimate of drug-likeness (QED) is 0.280. The first-order valence-corrected chi connectivity index (χ1v) is 6.85. The number of rotatable bonds is 3. The largest absolute Gasteiger partial charge is 0.550 e.